The molecule has 0 unspecified atom stereocenters. The Labute approximate surface area is 113 Å². The first-order chi connectivity index (χ1) is 8.45. The van der Waals surface area contributed by atoms with Gasteiger partial charge in [-0.1, -0.05) is 0 Å². The van der Waals surface area contributed by atoms with E-state index in [0.29, 0.717) is 11.4 Å². The fourth-order valence-electron chi connectivity index (χ4n) is 0.955. The molecule has 1 aromatic carbocycles. The molecule has 0 amide bonds. The molecule has 0 fully saturated rings. The summed E-state index contributed by atoms with van der Waals surface area (Å²) in [5.74, 6) is 0.705. The van der Waals surface area contributed by atoms with Crippen LogP contribution < -0.4 is 10.5 Å². The molecule has 0 saturated carbocycles. The van der Waals surface area contributed by atoms with Crippen molar-refractivity contribution in [2.24, 2.45) is 0 Å². The van der Waals surface area contributed by atoms with Crippen molar-refractivity contribution in [1.82, 2.24) is 0 Å². The van der Waals surface area contributed by atoms with E-state index in [9.17, 15) is 5.11 Å². The van der Waals surface area contributed by atoms with Gasteiger partial charge in [0.2, 0.25) is 0 Å². The second-order valence-corrected chi connectivity index (χ2v) is 5.09. The normalized spacial score (nSPS) is 11.4. The smallest absolute Gasteiger partial charge is 0.485 e. The van der Waals surface area contributed by atoms with Gasteiger partial charge in [-0.25, -0.2) is 0 Å². The van der Waals surface area contributed by atoms with Crippen LogP contribution in [0.1, 0.15) is 27.7 Å². The molecular formula is C12H22BNO5. The molecule has 7 heteroatoms. The van der Waals surface area contributed by atoms with Crippen LogP contribution in [0.5, 0.6) is 5.75 Å². The van der Waals surface area contributed by atoms with Gasteiger partial charge in [0.1, 0.15) is 11.4 Å². The number of rotatable bonds is 3. The lowest BCUT2D eigenvalue weighted by Gasteiger charge is -2.37. The van der Waals surface area contributed by atoms with Gasteiger partial charge >= 0.3 is 7.32 Å². The van der Waals surface area contributed by atoms with E-state index in [1.807, 2.05) is 13.8 Å². The van der Waals surface area contributed by atoms with Crippen molar-refractivity contribution in [1.29, 1.82) is 0 Å². The van der Waals surface area contributed by atoms with Crippen LogP contribution in [0.2, 0.25) is 0 Å². The summed E-state index contributed by atoms with van der Waals surface area (Å²) in [6.45, 7) is 7.15. The van der Waals surface area contributed by atoms with Crippen molar-refractivity contribution in [2.75, 3.05) is 5.73 Å². The fraction of sp³-hybridized carbons (Fsp3) is 0.500. The fourth-order valence-corrected chi connectivity index (χ4v) is 0.955. The van der Waals surface area contributed by atoms with E-state index >= 15 is 0 Å². The highest BCUT2D eigenvalue weighted by Crippen LogP contribution is 2.28. The molecule has 0 aliphatic rings. The van der Waals surface area contributed by atoms with Crippen molar-refractivity contribution < 1.29 is 24.9 Å². The Kier molecular flexibility index (Phi) is 6.31. The summed E-state index contributed by atoms with van der Waals surface area (Å²) in [7, 11) is -2.17. The topological polar surface area (TPSA) is 116 Å². The van der Waals surface area contributed by atoms with Gasteiger partial charge in [-0.3, -0.25) is 0 Å². The SMILES string of the molecule is CC(C)(O)C(C)(C)Oc1ccc(N)cc1.OB(O)O. The van der Waals surface area contributed by atoms with Gasteiger partial charge in [0, 0.05) is 5.69 Å². The van der Waals surface area contributed by atoms with E-state index in [0.717, 1.165) is 0 Å². The first-order valence-electron chi connectivity index (χ1n) is 5.77. The Hall–Kier alpha value is -1.28. The van der Waals surface area contributed by atoms with Crippen molar-refractivity contribution in [3.05, 3.63) is 24.3 Å². The molecule has 19 heavy (non-hydrogen) atoms. The molecule has 0 saturated heterocycles. The molecule has 0 aromatic heterocycles. The molecule has 0 bridgehead atoms. The minimum atomic E-state index is -2.17. The molecule has 0 spiro atoms. The van der Waals surface area contributed by atoms with Crippen LogP contribution in [0.15, 0.2) is 24.3 Å². The third kappa shape index (κ3) is 7.02. The monoisotopic (exact) mass is 271 g/mol. The molecular weight excluding hydrogens is 249 g/mol. The van der Waals surface area contributed by atoms with Gasteiger partial charge in [-0.2, -0.15) is 0 Å². The van der Waals surface area contributed by atoms with Crippen LogP contribution in [0.3, 0.4) is 0 Å². The average molecular weight is 271 g/mol. The summed E-state index contributed by atoms with van der Waals surface area (Å²) in [6, 6.07) is 7.14. The van der Waals surface area contributed by atoms with E-state index in [2.05, 4.69) is 0 Å². The van der Waals surface area contributed by atoms with E-state index in [1.54, 1.807) is 38.1 Å². The maximum Gasteiger partial charge on any atom is 0.631 e. The van der Waals surface area contributed by atoms with Crippen molar-refractivity contribution >= 4 is 13.0 Å². The molecule has 0 aliphatic carbocycles. The van der Waals surface area contributed by atoms with Gasteiger partial charge in [0.25, 0.3) is 0 Å². The lowest BCUT2D eigenvalue weighted by atomic mass is 9.89. The number of nitrogens with two attached hydrogens (primary N) is 1. The largest absolute Gasteiger partial charge is 0.631 e. The third-order valence-corrected chi connectivity index (χ3v) is 2.73. The lowest BCUT2D eigenvalue weighted by Crippen LogP contribution is -2.49. The van der Waals surface area contributed by atoms with Gasteiger partial charge in [-0.15, -0.1) is 0 Å². The molecule has 0 atom stereocenters. The number of hydrogen-bond donors (Lipinski definition) is 5. The zero-order chi connectivity index (χ0) is 15.3. The lowest BCUT2D eigenvalue weighted by molar-refractivity contribution is -0.0906. The van der Waals surface area contributed by atoms with Crippen LogP contribution >= 0.6 is 0 Å². The summed E-state index contributed by atoms with van der Waals surface area (Å²) < 4.78 is 5.72. The van der Waals surface area contributed by atoms with Gasteiger partial charge in [0.15, 0.2) is 0 Å². The zero-order valence-corrected chi connectivity index (χ0v) is 11.7. The van der Waals surface area contributed by atoms with Crippen LogP contribution in [0.25, 0.3) is 0 Å². The molecule has 0 radical (unpaired) electrons. The summed E-state index contributed by atoms with van der Waals surface area (Å²) in [5.41, 5.74) is 4.71. The number of anilines is 1. The molecule has 6 nitrogen and oxygen atoms in total. The third-order valence-electron chi connectivity index (χ3n) is 2.73. The Morgan fingerprint density at radius 1 is 1.00 bits per heavy atom. The number of ether oxygens (including phenoxy) is 1. The van der Waals surface area contributed by atoms with Gasteiger partial charge in [-0.05, 0) is 52.0 Å². The zero-order valence-electron chi connectivity index (χ0n) is 11.7. The van der Waals surface area contributed by atoms with Crippen LogP contribution in [0.4, 0.5) is 5.69 Å². The molecule has 1 rings (SSSR count). The predicted octanol–water partition coefficient (Wildman–Crippen LogP) is 0.145. The standard InChI is InChI=1S/C12H19NO2.BH3O3/c1-11(2,14)12(3,4)15-10-7-5-9(13)6-8-10;2-1(3)4/h5-8,14H,13H2,1-4H3;2-4H. The van der Waals surface area contributed by atoms with Gasteiger partial charge < -0.3 is 30.6 Å². The summed E-state index contributed by atoms with van der Waals surface area (Å²) in [5, 5.41) is 31.4. The highest BCUT2D eigenvalue weighted by Gasteiger charge is 2.37. The molecule has 6 N–H and O–H groups in total. The highest BCUT2D eigenvalue weighted by atomic mass is 16.5. The van der Waals surface area contributed by atoms with Gasteiger partial charge in [0.05, 0.1) is 5.60 Å². The number of aliphatic hydroxyl groups is 1. The summed E-state index contributed by atoms with van der Waals surface area (Å²) in [6.07, 6.45) is 0. The van der Waals surface area contributed by atoms with E-state index < -0.39 is 18.5 Å². The molecule has 1 aromatic rings. The Balaban J connectivity index is 0.000000711. The van der Waals surface area contributed by atoms with Crippen molar-refractivity contribution in [3.63, 3.8) is 0 Å². The van der Waals surface area contributed by atoms with Crippen molar-refractivity contribution in [2.45, 2.75) is 38.9 Å². The maximum atomic E-state index is 9.91. The summed E-state index contributed by atoms with van der Waals surface area (Å²) >= 11 is 0. The van der Waals surface area contributed by atoms with E-state index in [4.69, 9.17) is 25.5 Å². The Morgan fingerprint density at radius 2 is 1.37 bits per heavy atom. The van der Waals surface area contributed by atoms with Crippen LogP contribution in [-0.4, -0.2) is 38.7 Å². The predicted molar refractivity (Wildman–Crippen MR) is 74.3 cm³/mol. The highest BCUT2D eigenvalue weighted by molar-refractivity contribution is 6.30. The molecule has 0 aliphatic heterocycles. The van der Waals surface area contributed by atoms with Crippen molar-refractivity contribution in [3.8, 4) is 5.75 Å². The summed E-state index contributed by atoms with van der Waals surface area (Å²) in [4.78, 5) is 0. The Morgan fingerprint density at radius 3 is 1.68 bits per heavy atom. The first kappa shape index (κ1) is 17.7. The van der Waals surface area contributed by atoms with E-state index in [1.165, 1.54) is 0 Å². The van der Waals surface area contributed by atoms with E-state index in [-0.39, 0.29) is 0 Å². The van der Waals surface area contributed by atoms with Crippen LogP contribution in [0, 0.1) is 0 Å². The molecule has 0 heterocycles. The average Bonchev–Trinajstić information content (AvgIpc) is 2.18. The second kappa shape index (κ2) is 6.77. The number of hydrogen-bond acceptors (Lipinski definition) is 6. The maximum absolute atomic E-state index is 9.91. The number of nitrogen functional groups attached to an aromatic ring is 1. The number of benzene rings is 1. The quantitative estimate of drug-likeness (QED) is 0.394. The molecule has 108 valence electrons. The van der Waals surface area contributed by atoms with Crippen LogP contribution in [-0.2, 0) is 0 Å². The minimum absolute atomic E-state index is 0.650. The minimum Gasteiger partial charge on any atom is -0.485 e. The Bertz CT molecular complexity index is 370. The first-order valence-corrected chi connectivity index (χ1v) is 5.77. The second-order valence-electron chi connectivity index (χ2n) is 5.09.